The summed E-state index contributed by atoms with van der Waals surface area (Å²) < 4.78 is 29.0. The lowest BCUT2D eigenvalue weighted by Gasteiger charge is -2.24. The largest absolute Gasteiger partial charge is 0.308 e. The van der Waals surface area contributed by atoms with Crippen LogP contribution in [0.5, 0.6) is 0 Å². The third-order valence-electron chi connectivity index (χ3n) is 5.88. The molecule has 188 valence electrons. The van der Waals surface area contributed by atoms with Crippen LogP contribution in [0.2, 0.25) is 0 Å². The Morgan fingerprint density at radius 2 is 1.61 bits per heavy atom. The lowest BCUT2D eigenvalue weighted by atomic mass is 10.2. The van der Waals surface area contributed by atoms with Crippen LogP contribution < -0.4 is 9.21 Å². The fourth-order valence-corrected chi connectivity index (χ4v) is 6.45. The molecule has 0 spiro atoms. The standard InChI is InChI=1S/C27H30N4O3S2/c1-5-31(22-11-7-6-8-12-22)36(33,34)23-16-14-21(15-17-23)26(32)30(19-18-29(3)4)27-28-25-20(2)10-9-13-24(25)35-27/h6-17H,5,18-19H2,1-4H3. The van der Waals surface area contributed by atoms with Crippen molar-refractivity contribution >= 4 is 48.3 Å². The number of amides is 1. The zero-order chi connectivity index (χ0) is 25.9. The van der Waals surface area contributed by atoms with E-state index >= 15 is 0 Å². The third kappa shape index (κ3) is 5.28. The fraction of sp³-hybridized carbons (Fsp3) is 0.259. The molecule has 0 aliphatic rings. The maximum Gasteiger partial charge on any atom is 0.264 e. The number of aromatic nitrogens is 1. The number of thiazole rings is 1. The van der Waals surface area contributed by atoms with Gasteiger partial charge in [-0.15, -0.1) is 0 Å². The van der Waals surface area contributed by atoms with Crippen molar-refractivity contribution < 1.29 is 13.2 Å². The van der Waals surface area contributed by atoms with Crippen molar-refractivity contribution in [1.82, 2.24) is 9.88 Å². The van der Waals surface area contributed by atoms with Crippen molar-refractivity contribution in [3.8, 4) is 0 Å². The predicted molar refractivity (Wildman–Crippen MR) is 148 cm³/mol. The van der Waals surface area contributed by atoms with E-state index in [0.29, 0.717) is 36.0 Å². The van der Waals surface area contributed by atoms with Gasteiger partial charge in [0.2, 0.25) is 0 Å². The van der Waals surface area contributed by atoms with E-state index in [1.807, 2.05) is 50.2 Å². The molecule has 4 rings (SSSR count). The van der Waals surface area contributed by atoms with E-state index < -0.39 is 10.0 Å². The second-order valence-corrected chi connectivity index (χ2v) is 11.6. The zero-order valence-corrected chi connectivity index (χ0v) is 22.5. The van der Waals surface area contributed by atoms with Crippen LogP contribution in [0.25, 0.3) is 10.2 Å². The van der Waals surface area contributed by atoms with Crippen molar-refractivity contribution in [3.05, 3.63) is 83.9 Å². The summed E-state index contributed by atoms with van der Waals surface area (Å²) in [7, 11) is 0.140. The van der Waals surface area contributed by atoms with Gasteiger partial charge in [-0.3, -0.25) is 14.0 Å². The molecular weight excluding hydrogens is 492 g/mol. The van der Waals surface area contributed by atoms with Gasteiger partial charge in [0.05, 0.1) is 20.8 Å². The van der Waals surface area contributed by atoms with Crippen LogP contribution in [-0.4, -0.2) is 57.9 Å². The van der Waals surface area contributed by atoms with Crippen molar-refractivity contribution in [1.29, 1.82) is 0 Å². The van der Waals surface area contributed by atoms with Crippen LogP contribution in [0.4, 0.5) is 10.8 Å². The van der Waals surface area contributed by atoms with Crippen molar-refractivity contribution in [3.63, 3.8) is 0 Å². The minimum absolute atomic E-state index is 0.139. The summed E-state index contributed by atoms with van der Waals surface area (Å²) in [5.41, 5.74) is 2.96. The van der Waals surface area contributed by atoms with Crippen LogP contribution in [-0.2, 0) is 10.0 Å². The van der Waals surface area contributed by atoms with E-state index in [9.17, 15) is 13.2 Å². The van der Waals surface area contributed by atoms with Gasteiger partial charge in [0, 0.05) is 25.2 Å². The molecule has 0 unspecified atom stereocenters. The van der Waals surface area contributed by atoms with Crippen LogP contribution >= 0.6 is 11.3 Å². The number of para-hydroxylation sites is 2. The van der Waals surface area contributed by atoms with Gasteiger partial charge < -0.3 is 4.90 Å². The topological polar surface area (TPSA) is 73.8 Å². The van der Waals surface area contributed by atoms with Crippen LogP contribution in [0.3, 0.4) is 0 Å². The van der Waals surface area contributed by atoms with Crippen molar-refractivity contribution in [2.45, 2.75) is 18.7 Å². The summed E-state index contributed by atoms with van der Waals surface area (Å²) in [5.74, 6) is -0.215. The Labute approximate surface area is 216 Å². The Bertz CT molecular complexity index is 1450. The average molecular weight is 523 g/mol. The Morgan fingerprint density at radius 1 is 0.917 bits per heavy atom. The molecule has 1 aromatic heterocycles. The van der Waals surface area contributed by atoms with Gasteiger partial charge in [-0.25, -0.2) is 13.4 Å². The van der Waals surface area contributed by atoms with Crippen LogP contribution in [0.1, 0.15) is 22.8 Å². The fourth-order valence-electron chi connectivity index (χ4n) is 3.91. The summed E-state index contributed by atoms with van der Waals surface area (Å²) >= 11 is 1.48. The lowest BCUT2D eigenvalue weighted by molar-refractivity contribution is 0.0985. The van der Waals surface area contributed by atoms with Gasteiger partial charge >= 0.3 is 0 Å². The van der Waals surface area contributed by atoms with Crippen molar-refractivity contribution in [2.75, 3.05) is 42.9 Å². The number of carbonyl (C=O) groups excluding carboxylic acids is 1. The molecule has 1 amide bonds. The van der Waals surface area contributed by atoms with Crippen molar-refractivity contribution in [2.24, 2.45) is 0 Å². The van der Waals surface area contributed by atoms with E-state index in [1.54, 1.807) is 48.2 Å². The zero-order valence-electron chi connectivity index (χ0n) is 20.9. The van der Waals surface area contributed by atoms with Gasteiger partial charge in [-0.2, -0.15) is 0 Å². The van der Waals surface area contributed by atoms with E-state index in [0.717, 1.165) is 15.8 Å². The van der Waals surface area contributed by atoms with Gasteiger partial charge in [0.1, 0.15) is 0 Å². The molecule has 0 saturated heterocycles. The minimum Gasteiger partial charge on any atom is -0.308 e. The molecule has 36 heavy (non-hydrogen) atoms. The molecule has 3 aromatic carbocycles. The third-order valence-corrected chi connectivity index (χ3v) is 8.84. The Hall–Kier alpha value is -3.27. The SMILES string of the molecule is CCN(c1ccccc1)S(=O)(=O)c1ccc(C(=O)N(CCN(C)C)c2nc3c(C)cccc3s2)cc1. The normalized spacial score (nSPS) is 11.7. The molecule has 7 nitrogen and oxygen atoms in total. The van der Waals surface area contributed by atoms with E-state index in [2.05, 4.69) is 0 Å². The smallest absolute Gasteiger partial charge is 0.264 e. The number of hydrogen-bond donors (Lipinski definition) is 0. The number of likely N-dealkylation sites (N-methyl/N-ethyl adjacent to an activating group) is 1. The first-order chi connectivity index (χ1) is 17.2. The number of benzene rings is 3. The lowest BCUT2D eigenvalue weighted by Crippen LogP contribution is -2.36. The van der Waals surface area contributed by atoms with Gasteiger partial charge in [0.25, 0.3) is 15.9 Å². The number of carbonyl (C=O) groups is 1. The molecule has 0 atom stereocenters. The molecule has 4 aromatic rings. The van der Waals surface area contributed by atoms with E-state index in [4.69, 9.17) is 4.98 Å². The predicted octanol–water partition coefficient (Wildman–Crippen LogP) is 5.03. The molecular formula is C27H30N4O3S2. The summed E-state index contributed by atoms with van der Waals surface area (Å²) in [4.78, 5) is 22.2. The first-order valence-electron chi connectivity index (χ1n) is 11.7. The minimum atomic E-state index is -3.77. The number of sulfonamides is 1. The highest BCUT2D eigenvalue weighted by molar-refractivity contribution is 7.92. The molecule has 0 fully saturated rings. The average Bonchev–Trinajstić information content (AvgIpc) is 3.30. The monoisotopic (exact) mass is 522 g/mol. The second-order valence-electron chi connectivity index (χ2n) is 8.71. The van der Waals surface area contributed by atoms with E-state index in [1.165, 1.54) is 27.8 Å². The first kappa shape index (κ1) is 25.8. The number of fused-ring (bicyclic) bond motifs is 1. The maximum atomic E-state index is 13.6. The Balaban J connectivity index is 1.65. The van der Waals surface area contributed by atoms with Gasteiger partial charge in [-0.05, 0) is 76.0 Å². The molecule has 0 bridgehead atoms. The number of aryl methyl sites for hydroxylation is 1. The van der Waals surface area contributed by atoms with Crippen LogP contribution in [0.15, 0.2) is 77.7 Å². The summed E-state index contributed by atoms with van der Waals surface area (Å²) in [6.45, 7) is 5.22. The molecule has 0 radical (unpaired) electrons. The molecule has 0 aliphatic carbocycles. The van der Waals surface area contributed by atoms with Gasteiger partial charge in [-0.1, -0.05) is 41.7 Å². The maximum absolute atomic E-state index is 13.6. The molecule has 0 saturated carbocycles. The highest BCUT2D eigenvalue weighted by Crippen LogP contribution is 2.31. The number of nitrogens with zero attached hydrogens (tertiary/aromatic N) is 4. The molecule has 0 N–H and O–H groups in total. The van der Waals surface area contributed by atoms with Gasteiger partial charge in [0.15, 0.2) is 5.13 Å². The summed E-state index contributed by atoms with van der Waals surface area (Å²) in [6, 6.07) is 21.1. The number of hydrogen-bond acceptors (Lipinski definition) is 6. The Kier molecular flexibility index (Phi) is 7.73. The highest BCUT2D eigenvalue weighted by Gasteiger charge is 2.26. The summed E-state index contributed by atoms with van der Waals surface area (Å²) in [5, 5.41) is 0.629. The number of rotatable bonds is 9. The van der Waals surface area contributed by atoms with E-state index in [-0.39, 0.29) is 10.8 Å². The van der Waals surface area contributed by atoms with Crippen LogP contribution in [0, 0.1) is 6.92 Å². The molecule has 0 aliphatic heterocycles. The second kappa shape index (κ2) is 10.8. The first-order valence-corrected chi connectivity index (χ1v) is 14.0. The quantitative estimate of drug-likeness (QED) is 0.308. The molecule has 1 heterocycles. The summed E-state index contributed by atoms with van der Waals surface area (Å²) in [6.07, 6.45) is 0. The highest BCUT2D eigenvalue weighted by atomic mass is 32.2. The number of anilines is 2. The Morgan fingerprint density at radius 3 is 2.22 bits per heavy atom. The molecule has 9 heteroatoms.